The topological polar surface area (TPSA) is 75.7 Å². The molecule has 164 valence electrons. The van der Waals surface area contributed by atoms with Crippen LogP contribution in [-0.4, -0.2) is 35.8 Å². The van der Waals surface area contributed by atoms with E-state index in [-0.39, 0.29) is 36.8 Å². The standard InChI is InChI=1S/C25H30N2O4/c1-16(2)21-12-8-9-17(3)24(21)26-22(28)15-31-25(30)20-13-23(29)27(14-20)18(4)19-10-6-5-7-11-19/h5-12,16,18,20H,13-15H2,1-4H3,(H,26,28)/t18-,20+/m0/s1. The molecule has 1 aliphatic rings. The lowest BCUT2D eigenvalue weighted by Gasteiger charge is -2.25. The molecule has 1 heterocycles. The smallest absolute Gasteiger partial charge is 0.311 e. The lowest BCUT2D eigenvalue weighted by atomic mass is 9.98. The first-order valence-corrected chi connectivity index (χ1v) is 10.7. The van der Waals surface area contributed by atoms with Crippen LogP contribution in [0.15, 0.2) is 48.5 Å². The van der Waals surface area contributed by atoms with Gasteiger partial charge in [-0.1, -0.05) is 62.4 Å². The van der Waals surface area contributed by atoms with E-state index in [1.807, 2.05) is 62.4 Å². The molecule has 0 radical (unpaired) electrons. The highest BCUT2D eigenvalue weighted by atomic mass is 16.5. The fraction of sp³-hybridized carbons (Fsp3) is 0.400. The second kappa shape index (κ2) is 9.77. The minimum absolute atomic E-state index is 0.0794. The normalized spacial score (nSPS) is 17.0. The molecule has 31 heavy (non-hydrogen) atoms. The summed E-state index contributed by atoms with van der Waals surface area (Å²) in [5.74, 6) is -1.29. The summed E-state index contributed by atoms with van der Waals surface area (Å²) in [5, 5.41) is 2.87. The van der Waals surface area contributed by atoms with Gasteiger partial charge in [0.15, 0.2) is 6.61 Å². The Labute approximate surface area is 183 Å². The molecule has 2 aromatic rings. The van der Waals surface area contributed by atoms with E-state index in [0.717, 1.165) is 22.4 Å². The molecule has 0 saturated carbocycles. The van der Waals surface area contributed by atoms with Crippen LogP contribution in [0.4, 0.5) is 5.69 Å². The Kier molecular flexibility index (Phi) is 7.10. The molecule has 0 aliphatic carbocycles. The van der Waals surface area contributed by atoms with Crippen molar-refractivity contribution < 1.29 is 19.1 Å². The van der Waals surface area contributed by atoms with Crippen molar-refractivity contribution in [1.82, 2.24) is 4.90 Å². The number of hydrogen-bond acceptors (Lipinski definition) is 4. The fourth-order valence-corrected chi connectivity index (χ4v) is 3.95. The van der Waals surface area contributed by atoms with Gasteiger partial charge in [-0.05, 0) is 36.5 Å². The van der Waals surface area contributed by atoms with E-state index in [1.165, 1.54) is 0 Å². The van der Waals surface area contributed by atoms with Crippen LogP contribution in [0.1, 0.15) is 55.8 Å². The molecule has 1 N–H and O–H groups in total. The number of esters is 1. The second-order valence-corrected chi connectivity index (χ2v) is 8.38. The van der Waals surface area contributed by atoms with Crippen molar-refractivity contribution in [1.29, 1.82) is 0 Å². The Morgan fingerprint density at radius 2 is 1.81 bits per heavy atom. The molecule has 2 amide bonds. The molecule has 3 rings (SSSR count). The number of likely N-dealkylation sites (tertiary alicyclic amines) is 1. The van der Waals surface area contributed by atoms with Gasteiger partial charge >= 0.3 is 5.97 Å². The number of aryl methyl sites for hydroxylation is 1. The number of nitrogens with zero attached hydrogens (tertiary/aromatic N) is 1. The van der Waals surface area contributed by atoms with Crippen molar-refractivity contribution in [3.63, 3.8) is 0 Å². The van der Waals surface area contributed by atoms with Gasteiger partial charge in [0.1, 0.15) is 0 Å². The van der Waals surface area contributed by atoms with E-state index >= 15 is 0 Å². The predicted molar refractivity (Wildman–Crippen MR) is 120 cm³/mol. The van der Waals surface area contributed by atoms with E-state index in [9.17, 15) is 14.4 Å². The summed E-state index contributed by atoms with van der Waals surface area (Å²) in [4.78, 5) is 39.1. The molecular formula is C25H30N2O4. The third-order valence-corrected chi connectivity index (χ3v) is 5.78. The number of carbonyl (C=O) groups is 3. The van der Waals surface area contributed by atoms with Crippen LogP contribution >= 0.6 is 0 Å². The zero-order valence-corrected chi connectivity index (χ0v) is 18.6. The zero-order valence-electron chi connectivity index (χ0n) is 18.6. The van der Waals surface area contributed by atoms with E-state index in [0.29, 0.717) is 6.54 Å². The van der Waals surface area contributed by atoms with Gasteiger partial charge in [0.2, 0.25) is 5.91 Å². The van der Waals surface area contributed by atoms with Crippen LogP contribution in [0.2, 0.25) is 0 Å². The Bertz CT molecular complexity index is 955. The van der Waals surface area contributed by atoms with Gasteiger partial charge in [-0.2, -0.15) is 0 Å². The molecule has 1 fully saturated rings. The average molecular weight is 423 g/mol. The van der Waals surface area contributed by atoms with Gasteiger partial charge in [0.05, 0.1) is 12.0 Å². The summed E-state index contributed by atoms with van der Waals surface area (Å²) in [6.45, 7) is 7.92. The molecule has 0 spiro atoms. The molecule has 0 aromatic heterocycles. The van der Waals surface area contributed by atoms with Crippen LogP contribution in [0, 0.1) is 12.8 Å². The van der Waals surface area contributed by atoms with Gasteiger partial charge < -0.3 is 15.0 Å². The SMILES string of the molecule is Cc1cccc(C(C)C)c1NC(=O)COC(=O)[C@@H]1CC(=O)N([C@@H](C)c2ccccc2)C1. The van der Waals surface area contributed by atoms with Crippen molar-refractivity contribution >= 4 is 23.5 Å². The summed E-state index contributed by atoms with van der Waals surface area (Å²) >= 11 is 0. The van der Waals surface area contributed by atoms with Crippen molar-refractivity contribution in [2.75, 3.05) is 18.5 Å². The minimum Gasteiger partial charge on any atom is -0.455 e. The number of amides is 2. The quantitative estimate of drug-likeness (QED) is 0.678. The van der Waals surface area contributed by atoms with E-state index in [2.05, 4.69) is 19.2 Å². The summed E-state index contributed by atoms with van der Waals surface area (Å²) in [6, 6.07) is 15.5. The molecule has 1 saturated heterocycles. The highest BCUT2D eigenvalue weighted by Gasteiger charge is 2.38. The van der Waals surface area contributed by atoms with Crippen LogP contribution in [0.25, 0.3) is 0 Å². The van der Waals surface area contributed by atoms with E-state index < -0.39 is 11.9 Å². The second-order valence-electron chi connectivity index (χ2n) is 8.38. The van der Waals surface area contributed by atoms with E-state index in [1.54, 1.807) is 4.90 Å². The van der Waals surface area contributed by atoms with Gasteiger partial charge in [0.25, 0.3) is 5.91 Å². The highest BCUT2D eigenvalue weighted by Crippen LogP contribution is 2.29. The molecule has 6 nitrogen and oxygen atoms in total. The lowest BCUT2D eigenvalue weighted by molar-refractivity contribution is -0.151. The molecule has 1 aliphatic heterocycles. The summed E-state index contributed by atoms with van der Waals surface area (Å²) in [7, 11) is 0. The molecule has 0 unspecified atom stereocenters. The first kappa shape index (κ1) is 22.5. The number of ether oxygens (including phenoxy) is 1. The van der Waals surface area contributed by atoms with E-state index in [4.69, 9.17) is 4.74 Å². The minimum atomic E-state index is -0.559. The molecule has 0 bridgehead atoms. The maximum atomic E-state index is 12.5. The van der Waals surface area contributed by atoms with Crippen LogP contribution in [0.3, 0.4) is 0 Å². The maximum absolute atomic E-state index is 12.5. The highest BCUT2D eigenvalue weighted by molar-refractivity contribution is 5.95. The summed E-state index contributed by atoms with van der Waals surface area (Å²) in [5.41, 5.74) is 3.77. The monoisotopic (exact) mass is 422 g/mol. The number of rotatable bonds is 7. The van der Waals surface area contributed by atoms with Gasteiger partial charge in [-0.15, -0.1) is 0 Å². The van der Waals surface area contributed by atoms with Crippen molar-refractivity contribution in [3.05, 3.63) is 65.2 Å². The molecule has 2 atom stereocenters. The van der Waals surface area contributed by atoms with Gasteiger partial charge in [-0.3, -0.25) is 14.4 Å². The van der Waals surface area contributed by atoms with Crippen LogP contribution in [0.5, 0.6) is 0 Å². The number of anilines is 1. The Morgan fingerprint density at radius 3 is 2.48 bits per heavy atom. The lowest BCUT2D eigenvalue weighted by Crippen LogP contribution is -2.30. The van der Waals surface area contributed by atoms with Crippen molar-refractivity contribution in [2.45, 2.75) is 46.1 Å². The Balaban J connectivity index is 1.56. The number of nitrogens with one attached hydrogen (secondary N) is 1. The molecule has 6 heteroatoms. The molecular weight excluding hydrogens is 392 g/mol. The third-order valence-electron chi connectivity index (χ3n) is 5.78. The number of benzene rings is 2. The largest absolute Gasteiger partial charge is 0.455 e. The number of carbonyl (C=O) groups excluding carboxylic acids is 3. The first-order valence-electron chi connectivity index (χ1n) is 10.7. The Morgan fingerprint density at radius 1 is 1.10 bits per heavy atom. The van der Waals surface area contributed by atoms with Gasteiger partial charge in [0, 0.05) is 18.7 Å². The van der Waals surface area contributed by atoms with Gasteiger partial charge in [-0.25, -0.2) is 0 Å². The third kappa shape index (κ3) is 5.32. The van der Waals surface area contributed by atoms with Crippen molar-refractivity contribution in [2.24, 2.45) is 5.92 Å². The maximum Gasteiger partial charge on any atom is 0.311 e. The zero-order chi connectivity index (χ0) is 22.5. The summed E-state index contributed by atoms with van der Waals surface area (Å²) < 4.78 is 5.25. The Hall–Kier alpha value is -3.15. The first-order chi connectivity index (χ1) is 14.8. The van der Waals surface area contributed by atoms with Crippen LogP contribution in [-0.2, 0) is 19.1 Å². The molecule has 2 aromatic carbocycles. The predicted octanol–water partition coefficient (Wildman–Crippen LogP) is 4.21. The summed E-state index contributed by atoms with van der Waals surface area (Å²) in [6.07, 6.45) is 0.104. The average Bonchev–Trinajstić information content (AvgIpc) is 3.15. The fourth-order valence-electron chi connectivity index (χ4n) is 3.95. The number of para-hydroxylation sites is 1. The van der Waals surface area contributed by atoms with Crippen LogP contribution < -0.4 is 5.32 Å². The number of hydrogen-bond donors (Lipinski definition) is 1. The van der Waals surface area contributed by atoms with Crippen molar-refractivity contribution in [3.8, 4) is 0 Å².